The Labute approximate surface area is 124 Å². The third kappa shape index (κ3) is 2.14. The lowest BCUT2D eigenvalue weighted by molar-refractivity contribution is 0.623. The molecular weight excluding hydrogens is 262 g/mol. The molecular formula is C16H19N5. The summed E-state index contributed by atoms with van der Waals surface area (Å²) in [6.45, 7) is 2.77. The second-order valence-electron chi connectivity index (χ2n) is 5.64. The summed E-state index contributed by atoms with van der Waals surface area (Å²) in [4.78, 5) is 11.3. The maximum Gasteiger partial charge on any atom is 0.222 e. The Morgan fingerprint density at radius 1 is 1.14 bits per heavy atom. The standard InChI is InChI=1S/C16H19N5/c17-16-19-13-7-8-18-10-12(13)15(20-16)21-9-3-5-11-4-1-2-6-14(11)21/h1-2,4,6,18H,3,5,7-10H2,(H2,17,19,20). The highest BCUT2D eigenvalue weighted by Crippen LogP contribution is 2.35. The van der Waals surface area contributed by atoms with Gasteiger partial charge < -0.3 is 16.0 Å². The Hall–Kier alpha value is -2.14. The van der Waals surface area contributed by atoms with E-state index in [0.29, 0.717) is 5.95 Å². The largest absolute Gasteiger partial charge is 0.368 e. The summed E-state index contributed by atoms with van der Waals surface area (Å²) in [7, 11) is 0. The number of para-hydroxylation sites is 1. The van der Waals surface area contributed by atoms with Crippen LogP contribution in [-0.2, 0) is 19.4 Å². The number of hydrogen-bond acceptors (Lipinski definition) is 5. The third-order valence-corrected chi connectivity index (χ3v) is 4.29. The molecule has 1 aromatic carbocycles. The highest BCUT2D eigenvalue weighted by molar-refractivity contribution is 5.69. The van der Waals surface area contributed by atoms with Crippen molar-refractivity contribution in [3.05, 3.63) is 41.1 Å². The summed E-state index contributed by atoms with van der Waals surface area (Å²) in [6, 6.07) is 8.58. The molecule has 5 nitrogen and oxygen atoms in total. The maximum absolute atomic E-state index is 5.94. The van der Waals surface area contributed by atoms with Gasteiger partial charge in [-0.05, 0) is 24.5 Å². The van der Waals surface area contributed by atoms with Crippen LogP contribution in [0.4, 0.5) is 17.5 Å². The Morgan fingerprint density at radius 2 is 2.05 bits per heavy atom. The van der Waals surface area contributed by atoms with Crippen LogP contribution in [0.1, 0.15) is 23.2 Å². The second kappa shape index (κ2) is 5.00. The number of aromatic nitrogens is 2. The Morgan fingerprint density at radius 3 is 3.00 bits per heavy atom. The van der Waals surface area contributed by atoms with Crippen molar-refractivity contribution >= 4 is 17.5 Å². The first-order valence-electron chi connectivity index (χ1n) is 7.54. The fourth-order valence-electron chi connectivity index (χ4n) is 3.32. The average molecular weight is 281 g/mol. The maximum atomic E-state index is 5.94. The fraction of sp³-hybridized carbons (Fsp3) is 0.375. The van der Waals surface area contributed by atoms with Crippen LogP contribution in [0.2, 0.25) is 0 Å². The van der Waals surface area contributed by atoms with Crippen LogP contribution < -0.4 is 16.0 Å². The summed E-state index contributed by atoms with van der Waals surface area (Å²) in [5.74, 6) is 1.37. The molecule has 3 N–H and O–H groups in total. The third-order valence-electron chi connectivity index (χ3n) is 4.29. The van der Waals surface area contributed by atoms with Gasteiger partial charge in [0.2, 0.25) is 5.95 Å². The van der Waals surface area contributed by atoms with Crippen LogP contribution in [0.25, 0.3) is 0 Å². The molecule has 4 rings (SSSR count). The van der Waals surface area contributed by atoms with Gasteiger partial charge in [0.15, 0.2) is 0 Å². The van der Waals surface area contributed by atoms with Crippen LogP contribution in [0.15, 0.2) is 24.3 Å². The van der Waals surface area contributed by atoms with Gasteiger partial charge >= 0.3 is 0 Å². The van der Waals surface area contributed by atoms with Crippen LogP contribution in [-0.4, -0.2) is 23.1 Å². The van der Waals surface area contributed by atoms with E-state index >= 15 is 0 Å². The monoisotopic (exact) mass is 281 g/mol. The first-order valence-corrected chi connectivity index (χ1v) is 7.54. The van der Waals surface area contributed by atoms with Gasteiger partial charge in [0, 0.05) is 37.3 Å². The van der Waals surface area contributed by atoms with Crippen molar-refractivity contribution in [3.63, 3.8) is 0 Å². The quantitative estimate of drug-likeness (QED) is 0.834. The van der Waals surface area contributed by atoms with Gasteiger partial charge in [0.1, 0.15) is 5.82 Å². The van der Waals surface area contributed by atoms with Crippen molar-refractivity contribution in [2.75, 3.05) is 23.7 Å². The number of nitrogens with two attached hydrogens (primary N) is 1. The van der Waals surface area contributed by atoms with Crippen molar-refractivity contribution in [3.8, 4) is 0 Å². The molecule has 1 aromatic heterocycles. The van der Waals surface area contributed by atoms with Crippen LogP contribution in [0.5, 0.6) is 0 Å². The summed E-state index contributed by atoms with van der Waals surface area (Å²) >= 11 is 0. The number of hydrogen-bond donors (Lipinski definition) is 2. The minimum atomic E-state index is 0.383. The molecule has 0 atom stereocenters. The van der Waals surface area contributed by atoms with Gasteiger partial charge in [0.25, 0.3) is 0 Å². The van der Waals surface area contributed by atoms with Crippen LogP contribution in [0, 0.1) is 0 Å². The molecule has 0 radical (unpaired) electrons. The van der Waals surface area contributed by atoms with Gasteiger partial charge in [-0.1, -0.05) is 18.2 Å². The molecule has 2 aliphatic heterocycles. The molecule has 2 aliphatic rings. The normalized spacial score (nSPS) is 17.2. The highest BCUT2D eigenvalue weighted by Gasteiger charge is 2.25. The zero-order valence-corrected chi connectivity index (χ0v) is 12.0. The molecule has 0 saturated heterocycles. The van der Waals surface area contributed by atoms with E-state index in [9.17, 15) is 0 Å². The molecule has 0 spiro atoms. The van der Waals surface area contributed by atoms with E-state index in [-0.39, 0.29) is 0 Å². The van der Waals surface area contributed by atoms with Crippen molar-refractivity contribution < 1.29 is 0 Å². The minimum Gasteiger partial charge on any atom is -0.368 e. The van der Waals surface area contributed by atoms with Gasteiger partial charge in [-0.25, -0.2) is 4.98 Å². The highest BCUT2D eigenvalue weighted by atomic mass is 15.2. The van der Waals surface area contributed by atoms with Crippen molar-refractivity contribution in [1.82, 2.24) is 15.3 Å². The summed E-state index contributed by atoms with van der Waals surface area (Å²) in [6.07, 6.45) is 3.20. The lowest BCUT2D eigenvalue weighted by Gasteiger charge is -2.33. The topological polar surface area (TPSA) is 67.1 Å². The van der Waals surface area contributed by atoms with E-state index in [1.54, 1.807) is 0 Å². The zero-order chi connectivity index (χ0) is 14.2. The van der Waals surface area contributed by atoms with Crippen LogP contribution >= 0.6 is 0 Å². The number of benzene rings is 1. The molecule has 2 aromatic rings. The molecule has 0 fully saturated rings. The summed E-state index contributed by atoms with van der Waals surface area (Å²) < 4.78 is 0. The van der Waals surface area contributed by atoms with Crippen molar-refractivity contribution in [2.24, 2.45) is 0 Å². The van der Waals surface area contributed by atoms with E-state index in [0.717, 1.165) is 50.4 Å². The molecule has 0 unspecified atom stereocenters. The number of rotatable bonds is 1. The average Bonchev–Trinajstić information content (AvgIpc) is 2.53. The van der Waals surface area contributed by atoms with E-state index in [4.69, 9.17) is 5.73 Å². The second-order valence-corrected chi connectivity index (χ2v) is 5.64. The molecule has 108 valence electrons. The molecule has 0 bridgehead atoms. The number of nitrogens with one attached hydrogen (secondary N) is 1. The van der Waals surface area contributed by atoms with Gasteiger partial charge in [0.05, 0.1) is 5.69 Å². The van der Waals surface area contributed by atoms with Gasteiger partial charge in [-0.15, -0.1) is 0 Å². The molecule has 0 saturated carbocycles. The molecule has 0 amide bonds. The Balaban J connectivity index is 1.86. The van der Waals surface area contributed by atoms with Crippen LogP contribution in [0.3, 0.4) is 0 Å². The Kier molecular flexibility index (Phi) is 3.00. The molecule has 21 heavy (non-hydrogen) atoms. The van der Waals surface area contributed by atoms with E-state index < -0.39 is 0 Å². The number of anilines is 3. The summed E-state index contributed by atoms with van der Waals surface area (Å²) in [5.41, 5.74) is 10.9. The predicted octanol–water partition coefficient (Wildman–Crippen LogP) is 1.79. The van der Waals surface area contributed by atoms with E-state index in [2.05, 4.69) is 44.5 Å². The van der Waals surface area contributed by atoms with Gasteiger partial charge in [-0.2, -0.15) is 4.98 Å². The van der Waals surface area contributed by atoms with Crippen molar-refractivity contribution in [2.45, 2.75) is 25.8 Å². The lowest BCUT2D eigenvalue weighted by Crippen LogP contribution is -2.31. The molecule has 5 heteroatoms. The summed E-state index contributed by atoms with van der Waals surface area (Å²) in [5, 5.41) is 3.42. The Bertz CT molecular complexity index is 682. The number of nitrogens with zero attached hydrogens (tertiary/aromatic N) is 3. The fourth-order valence-corrected chi connectivity index (χ4v) is 3.32. The zero-order valence-electron chi connectivity index (χ0n) is 12.0. The van der Waals surface area contributed by atoms with Crippen molar-refractivity contribution in [1.29, 1.82) is 0 Å². The minimum absolute atomic E-state index is 0.383. The SMILES string of the molecule is Nc1nc2c(c(N3CCCc4ccccc43)n1)CNCC2. The first-order chi connectivity index (χ1) is 10.3. The molecule has 0 aliphatic carbocycles. The van der Waals surface area contributed by atoms with E-state index in [1.165, 1.54) is 16.8 Å². The smallest absolute Gasteiger partial charge is 0.222 e. The molecule has 3 heterocycles. The predicted molar refractivity (Wildman–Crippen MR) is 83.6 cm³/mol. The van der Waals surface area contributed by atoms with Gasteiger partial charge in [-0.3, -0.25) is 0 Å². The number of aryl methyl sites for hydroxylation is 1. The van der Waals surface area contributed by atoms with E-state index in [1.807, 2.05) is 0 Å². The first kappa shape index (κ1) is 12.6. The number of fused-ring (bicyclic) bond motifs is 2. The number of nitrogen functional groups attached to an aromatic ring is 1. The lowest BCUT2D eigenvalue weighted by atomic mass is 10.00.